The van der Waals surface area contributed by atoms with Crippen molar-refractivity contribution in [2.24, 2.45) is 23.7 Å². The van der Waals surface area contributed by atoms with E-state index in [4.69, 9.17) is 28.4 Å². The molecule has 8 nitrogen and oxygen atoms in total. The maximum Gasteiger partial charge on any atom is 0.132 e. The van der Waals surface area contributed by atoms with Gasteiger partial charge in [-0.3, -0.25) is 0 Å². The molecule has 0 spiro atoms. The summed E-state index contributed by atoms with van der Waals surface area (Å²) >= 11 is 0. The first-order chi connectivity index (χ1) is 46.0. The minimum absolute atomic E-state index is 0.370. The number of aryl methyl sites for hydroxylation is 6. The molecule has 2 aliphatic rings. The van der Waals surface area contributed by atoms with Gasteiger partial charge in [0.1, 0.15) is 83.6 Å². The first-order valence-corrected chi connectivity index (χ1v) is 38.2. The SMILES string of the molecule is CCCCCc1cc(O)c(CC[C@@H](C)CCCC(C)C)c(OCCOc2cc(CCCCC)cc3c2-c2cc(C)ccc2C(C)(C)O3)c1.CCCCCc1cc(O)c(CC[C@H](C)CCCC(C)C)c(OCCOc2cc(CCCCC)cc3c2-c2cc(C)ccc2C(C)(C)O3)c1. The van der Waals surface area contributed by atoms with Crippen molar-refractivity contribution in [3.63, 3.8) is 0 Å². The van der Waals surface area contributed by atoms with Crippen LogP contribution in [-0.2, 0) is 49.7 Å². The Morgan fingerprint density at radius 1 is 0.365 bits per heavy atom. The molecule has 0 aliphatic carbocycles. The van der Waals surface area contributed by atoms with Crippen LogP contribution in [0.2, 0.25) is 0 Å². The van der Waals surface area contributed by atoms with Crippen molar-refractivity contribution in [1.82, 2.24) is 0 Å². The lowest BCUT2D eigenvalue weighted by atomic mass is 9.84. The maximum atomic E-state index is 11.2. The van der Waals surface area contributed by atoms with Crippen LogP contribution in [0, 0.1) is 37.5 Å². The van der Waals surface area contributed by atoms with E-state index in [-0.39, 0.29) is 0 Å². The van der Waals surface area contributed by atoms with Crippen LogP contribution in [0.25, 0.3) is 22.3 Å². The Morgan fingerprint density at radius 2 is 0.688 bits per heavy atom. The van der Waals surface area contributed by atoms with Gasteiger partial charge in [-0.05, 0) is 224 Å². The van der Waals surface area contributed by atoms with Crippen LogP contribution >= 0.6 is 0 Å². The second kappa shape index (κ2) is 38.2. The van der Waals surface area contributed by atoms with Crippen molar-refractivity contribution in [2.75, 3.05) is 26.4 Å². The molecule has 96 heavy (non-hydrogen) atoms. The fourth-order valence-electron chi connectivity index (χ4n) is 14.1. The number of aromatic hydroxyl groups is 2. The highest BCUT2D eigenvalue weighted by Crippen LogP contribution is 2.52. The van der Waals surface area contributed by atoms with E-state index in [1.165, 1.54) is 134 Å². The Kier molecular flexibility index (Phi) is 30.7. The average molecular weight is 1310 g/mol. The molecule has 2 atom stereocenters. The van der Waals surface area contributed by atoms with Crippen LogP contribution in [0.3, 0.4) is 0 Å². The first kappa shape index (κ1) is 77.1. The minimum atomic E-state index is -0.426. The summed E-state index contributed by atoms with van der Waals surface area (Å²) < 4.78 is 39.6. The normalized spacial score (nSPS) is 13.9. The summed E-state index contributed by atoms with van der Waals surface area (Å²) in [4.78, 5) is 0. The van der Waals surface area contributed by atoms with Crippen LogP contribution in [0.5, 0.6) is 46.0 Å². The summed E-state index contributed by atoms with van der Waals surface area (Å²) in [5, 5.41) is 22.4. The van der Waals surface area contributed by atoms with Crippen LogP contribution in [-0.4, -0.2) is 36.6 Å². The zero-order valence-electron chi connectivity index (χ0n) is 62.9. The molecular weight excluding hydrogens is 1180 g/mol. The molecule has 6 aromatic carbocycles. The van der Waals surface area contributed by atoms with Crippen molar-refractivity contribution in [3.05, 3.63) is 141 Å². The number of benzene rings is 6. The van der Waals surface area contributed by atoms with Gasteiger partial charge < -0.3 is 38.6 Å². The number of phenolic OH excluding ortho intramolecular Hbond substituents is 2. The van der Waals surface area contributed by atoms with E-state index in [1.807, 2.05) is 12.1 Å². The fraction of sp³-hybridized carbons (Fsp3) is 0.591. The molecule has 6 aromatic rings. The standard InChI is InChI=1S/2C44H64O4/c2*1-9-11-13-18-34-27-39(45)36(22-20-32(5)17-15-16-31(3)4)40(28-34)46-24-25-47-41-29-35(19-14-12-10-2)30-42-43(41)37-26-33(6)21-23-38(37)44(7,8)48-42/h2*21,23,26-32,45H,9-20,22,24-25H2,1-8H3/t2*32-/m10/s1. The van der Waals surface area contributed by atoms with Gasteiger partial charge in [0, 0.05) is 22.3 Å². The van der Waals surface area contributed by atoms with E-state index < -0.39 is 11.2 Å². The summed E-state index contributed by atoms with van der Waals surface area (Å²) in [6.45, 7) is 37.3. The molecule has 8 heteroatoms. The van der Waals surface area contributed by atoms with Crippen LogP contribution in [0.4, 0.5) is 0 Å². The molecule has 0 radical (unpaired) electrons. The lowest BCUT2D eigenvalue weighted by Gasteiger charge is -2.36. The summed E-state index contributed by atoms with van der Waals surface area (Å²) in [5.41, 5.74) is 15.0. The Balaban J connectivity index is 0.000000271. The molecule has 0 saturated carbocycles. The lowest BCUT2D eigenvalue weighted by Crippen LogP contribution is -2.29. The molecule has 0 aromatic heterocycles. The molecule has 0 fully saturated rings. The van der Waals surface area contributed by atoms with E-state index in [2.05, 4.69) is 184 Å². The van der Waals surface area contributed by atoms with E-state index >= 15 is 0 Å². The lowest BCUT2D eigenvalue weighted by molar-refractivity contribution is 0.104. The van der Waals surface area contributed by atoms with Crippen molar-refractivity contribution in [2.45, 2.75) is 289 Å². The van der Waals surface area contributed by atoms with Gasteiger partial charge in [-0.15, -0.1) is 0 Å². The predicted molar refractivity (Wildman–Crippen MR) is 404 cm³/mol. The number of rotatable bonds is 40. The fourth-order valence-corrected chi connectivity index (χ4v) is 14.1. The van der Waals surface area contributed by atoms with Crippen molar-refractivity contribution >= 4 is 0 Å². The number of hydrogen-bond acceptors (Lipinski definition) is 8. The second-order valence-electron chi connectivity index (χ2n) is 30.6. The van der Waals surface area contributed by atoms with Crippen molar-refractivity contribution < 1.29 is 38.6 Å². The third-order valence-corrected chi connectivity index (χ3v) is 19.9. The van der Waals surface area contributed by atoms with Crippen LogP contribution < -0.4 is 28.4 Å². The van der Waals surface area contributed by atoms with Crippen LogP contribution in [0.1, 0.15) is 281 Å². The maximum absolute atomic E-state index is 11.2. The van der Waals surface area contributed by atoms with Gasteiger partial charge in [-0.25, -0.2) is 0 Å². The molecule has 2 N–H and O–H groups in total. The van der Waals surface area contributed by atoms with Crippen molar-refractivity contribution in [3.8, 4) is 68.2 Å². The monoisotopic (exact) mass is 1310 g/mol. The molecule has 8 rings (SSSR count). The molecule has 0 amide bonds. The van der Waals surface area contributed by atoms with E-state index in [0.717, 1.165) is 157 Å². The summed E-state index contributed by atoms with van der Waals surface area (Å²) in [6.07, 6.45) is 29.2. The molecule has 0 bridgehead atoms. The highest BCUT2D eigenvalue weighted by atomic mass is 16.5. The zero-order chi connectivity index (χ0) is 69.4. The highest BCUT2D eigenvalue weighted by molar-refractivity contribution is 5.84. The Morgan fingerprint density at radius 3 is 1.02 bits per heavy atom. The van der Waals surface area contributed by atoms with E-state index in [9.17, 15) is 10.2 Å². The predicted octanol–water partition coefficient (Wildman–Crippen LogP) is 24.6. The number of ether oxygens (including phenoxy) is 6. The van der Waals surface area contributed by atoms with Gasteiger partial charge in [0.25, 0.3) is 0 Å². The summed E-state index contributed by atoms with van der Waals surface area (Å²) in [6, 6.07) is 30.4. The first-order valence-electron chi connectivity index (χ1n) is 38.2. The Bertz CT molecular complexity index is 3130. The van der Waals surface area contributed by atoms with Gasteiger partial charge in [0.15, 0.2) is 0 Å². The topological polar surface area (TPSA) is 95.8 Å². The van der Waals surface area contributed by atoms with Gasteiger partial charge in [0.05, 0.1) is 11.1 Å². The third kappa shape index (κ3) is 22.9. The second-order valence-corrected chi connectivity index (χ2v) is 30.6. The molecular formula is C88H128O8. The minimum Gasteiger partial charge on any atom is -0.508 e. The van der Waals surface area contributed by atoms with Gasteiger partial charge >= 0.3 is 0 Å². The van der Waals surface area contributed by atoms with E-state index in [1.54, 1.807) is 0 Å². The summed E-state index contributed by atoms with van der Waals surface area (Å²) in [7, 11) is 0. The molecule has 0 saturated heterocycles. The van der Waals surface area contributed by atoms with Crippen molar-refractivity contribution in [1.29, 1.82) is 0 Å². The number of phenols is 2. The largest absolute Gasteiger partial charge is 0.508 e. The molecule has 0 unspecified atom stereocenters. The Labute approximate surface area is 583 Å². The number of hydrogen-bond donors (Lipinski definition) is 2. The molecule has 528 valence electrons. The van der Waals surface area contributed by atoms with Crippen LogP contribution in [0.15, 0.2) is 84.9 Å². The van der Waals surface area contributed by atoms with Gasteiger partial charge in [-0.2, -0.15) is 0 Å². The van der Waals surface area contributed by atoms with Gasteiger partial charge in [0.2, 0.25) is 0 Å². The average Bonchev–Trinajstić information content (AvgIpc) is 0.747. The quantitative estimate of drug-likeness (QED) is 0.0368. The number of fused-ring (bicyclic) bond motifs is 6. The zero-order valence-corrected chi connectivity index (χ0v) is 62.9. The molecule has 2 aliphatic heterocycles. The van der Waals surface area contributed by atoms with E-state index in [0.29, 0.717) is 49.8 Å². The summed E-state index contributed by atoms with van der Waals surface area (Å²) in [5.74, 6) is 8.58. The third-order valence-electron chi connectivity index (χ3n) is 19.9. The van der Waals surface area contributed by atoms with Gasteiger partial charge in [-0.1, -0.05) is 207 Å². The highest BCUT2D eigenvalue weighted by Gasteiger charge is 2.37. The molecule has 2 heterocycles. The number of unbranched alkanes of at least 4 members (excludes halogenated alkanes) is 8. The smallest absolute Gasteiger partial charge is 0.132 e. The Hall–Kier alpha value is -6.28.